The molecule has 88 heavy (non-hydrogen) atoms. The molecule has 16 aromatic rings. The Morgan fingerprint density at radius 3 is 0.841 bits per heavy atom. The summed E-state index contributed by atoms with van der Waals surface area (Å²) in [5, 5.41) is 28.4. The Morgan fingerprint density at radius 2 is 0.511 bits per heavy atom. The fraction of sp³-hybridized carbons (Fsp3) is 0. The van der Waals surface area contributed by atoms with E-state index in [1.54, 1.807) is 12.1 Å². The molecule has 8 nitrogen and oxygen atoms in total. The van der Waals surface area contributed by atoms with Crippen LogP contribution in [0.1, 0.15) is 0 Å². The van der Waals surface area contributed by atoms with Gasteiger partial charge in [-0.05, 0) is 123 Å². The molecular formula is C78H52BBrN6O2. The van der Waals surface area contributed by atoms with Gasteiger partial charge in [-0.25, -0.2) is 19.9 Å². The number of fused-ring (bicyclic) bond motifs is 6. The highest BCUT2D eigenvalue weighted by atomic mass is 79.9. The van der Waals surface area contributed by atoms with Gasteiger partial charge < -0.3 is 10.0 Å². The second kappa shape index (κ2) is 24.6. The van der Waals surface area contributed by atoms with Crippen molar-refractivity contribution in [2.24, 2.45) is 0 Å². The number of pyridine rings is 2. The number of hydrogen-bond acceptors (Lipinski definition) is 8. The number of aromatic nitrogens is 6. The minimum Gasteiger partial charge on any atom is -0.423 e. The second-order valence-corrected chi connectivity index (χ2v) is 22.0. The molecule has 416 valence electrons. The average molecular weight is 1200 g/mol. The topological polar surface area (TPSA) is 118 Å². The predicted octanol–water partition coefficient (Wildman–Crippen LogP) is 18.5. The highest BCUT2D eigenvalue weighted by Gasteiger charge is 2.20. The van der Waals surface area contributed by atoms with E-state index in [-0.39, 0.29) is 0 Å². The van der Waals surface area contributed by atoms with Gasteiger partial charge in [-0.3, -0.25) is 9.97 Å². The molecule has 0 bridgehead atoms. The number of rotatable bonds is 8. The van der Waals surface area contributed by atoms with Gasteiger partial charge in [0.25, 0.3) is 0 Å². The second-order valence-electron chi connectivity index (χ2n) is 21.2. The molecular weight excluding hydrogens is 1140 g/mol. The minimum absolute atomic E-state index is 0.443. The fourth-order valence-corrected chi connectivity index (χ4v) is 12.5. The third-order valence-electron chi connectivity index (χ3n) is 15.9. The Kier molecular flexibility index (Phi) is 15.4. The Morgan fingerprint density at radius 1 is 0.250 bits per heavy atom. The van der Waals surface area contributed by atoms with Crippen LogP contribution in [-0.2, 0) is 0 Å². The van der Waals surface area contributed by atoms with Gasteiger partial charge in [-0.2, -0.15) is 0 Å². The lowest BCUT2D eigenvalue weighted by Gasteiger charge is -2.18. The quantitative estimate of drug-likeness (QED) is 0.114. The van der Waals surface area contributed by atoms with Crippen molar-refractivity contribution in [1.29, 1.82) is 0 Å². The van der Waals surface area contributed by atoms with Crippen molar-refractivity contribution in [2.45, 2.75) is 0 Å². The summed E-state index contributed by atoms with van der Waals surface area (Å²) in [6, 6.07) is 94.6. The molecule has 0 atom stereocenters. The highest BCUT2D eigenvalue weighted by molar-refractivity contribution is 9.10. The molecule has 0 aliphatic heterocycles. The van der Waals surface area contributed by atoms with Gasteiger partial charge in [-0.15, -0.1) is 0 Å². The van der Waals surface area contributed by atoms with Crippen molar-refractivity contribution in [1.82, 2.24) is 29.9 Å². The van der Waals surface area contributed by atoms with E-state index in [4.69, 9.17) is 19.9 Å². The van der Waals surface area contributed by atoms with Crippen molar-refractivity contribution in [3.05, 3.63) is 308 Å². The SMILES string of the molecule is Brc1c2ccccc2c(-c2cccnc2)c2ccccc12.OB(O)c1ccc(-c2nc3ccccc3nc2-c2ccccc2)cc1.c1ccc(-c2nc3ccccc3nc2-c2ccc(-c3c4ccccc4c(-c4cccnc4)c4ccccc34)cc2)cc1. The molecule has 0 amide bonds. The monoisotopic (exact) mass is 1190 g/mol. The van der Waals surface area contributed by atoms with E-state index in [2.05, 4.69) is 171 Å². The summed E-state index contributed by atoms with van der Waals surface area (Å²) >= 11 is 3.77. The molecule has 12 aromatic carbocycles. The maximum absolute atomic E-state index is 9.29. The zero-order valence-electron chi connectivity index (χ0n) is 47.4. The lowest BCUT2D eigenvalue weighted by molar-refractivity contribution is 0.426. The Bertz CT molecular complexity index is 5070. The molecule has 0 saturated heterocycles. The van der Waals surface area contributed by atoms with E-state index in [1.165, 1.54) is 65.3 Å². The van der Waals surface area contributed by atoms with Crippen molar-refractivity contribution in [3.63, 3.8) is 0 Å². The van der Waals surface area contributed by atoms with Gasteiger partial charge in [0.1, 0.15) is 0 Å². The van der Waals surface area contributed by atoms with Crippen LogP contribution >= 0.6 is 15.9 Å². The van der Waals surface area contributed by atoms with Gasteiger partial charge >= 0.3 is 7.12 Å². The maximum atomic E-state index is 9.29. The first kappa shape index (κ1) is 55.0. The van der Waals surface area contributed by atoms with E-state index in [0.29, 0.717) is 5.46 Å². The highest BCUT2D eigenvalue weighted by Crippen LogP contribution is 2.45. The summed E-state index contributed by atoms with van der Waals surface area (Å²) in [6.07, 6.45) is 7.53. The molecule has 0 unspecified atom stereocenters. The van der Waals surface area contributed by atoms with Gasteiger partial charge in [0, 0.05) is 62.6 Å². The molecule has 16 rings (SSSR count). The Balaban J connectivity index is 0.000000126. The first-order valence-corrected chi connectivity index (χ1v) is 29.8. The van der Waals surface area contributed by atoms with Crippen LogP contribution in [0.2, 0.25) is 0 Å². The smallest absolute Gasteiger partial charge is 0.423 e. The van der Waals surface area contributed by atoms with Crippen LogP contribution in [0.15, 0.2) is 308 Å². The van der Waals surface area contributed by atoms with Crippen molar-refractivity contribution in [3.8, 4) is 78.4 Å². The molecule has 0 radical (unpaired) electrons. The van der Waals surface area contributed by atoms with Crippen molar-refractivity contribution in [2.75, 3.05) is 0 Å². The van der Waals surface area contributed by atoms with Crippen LogP contribution in [0, 0.1) is 0 Å². The largest absolute Gasteiger partial charge is 0.488 e. The first-order chi connectivity index (χ1) is 43.4. The van der Waals surface area contributed by atoms with E-state index in [9.17, 15) is 10.0 Å². The molecule has 0 aliphatic carbocycles. The summed E-state index contributed by atoms with van der Waals surface area (Å²) < 4.78 is 1.15. The average Bonchev–Trinajstić information content (AvgIpc) is 0.891. The standard InChI is InChI=1S/C39H25N3.C20H15BN2O2.C19H12BrN/c1-2-11-27(12-3-1)38-39(42-35-19-9-8-18-34(35)41-38)28-22-20-26(21-23-28)36-30-14-4-6-16-32(30)37(29-13-10-24-40-25-29)33-17-7-5-15-31(33)36;24-21(25)16-12-10-15(11-13-16)20-19(14-6-2-1-3-7-14)22-17-8-4-5-9-18(17)23-20;20-19-16-9-3-1-7-14(16)18(13-6-5-11-21-12-13)15-8-2-4-10-17(15)19/h1-25H;1-13,24-25H;1-12H. The van der Waals surface area contributed by atoms with Gasteiger partial charge in [-0.1, -0.05) is 243 Å². The normalized spacial score (nSPS) is 11.1. The van der Waals surface area contributed by atoms with Gasteiger partial charge in [0.2, 0.25) is 0 Å². The lowest BCUT2D eigenvalue weighted by atomic mass is 9.80. The van der Waals surface area contributed by atoms with Gasteiger partial charge in [0.15, 0.2) is 0 Å². The predicted molar refractivity (Wildman–Crippen MR) is 367 cm³/mol. The zero-order valence-corrected chi connectivity index (χ0v) is 49.0. The molecule has 0 fully saturated rings. The summed E-state index contributed by atoms with van der Waals surface area (Å²) in [4.78, 5) is 28.5. The molecule has 0 saturated carbocycles. The summed E-state index contributed by atoms with van der Waals surface area (Å²) in [7, 11) is -1.48. The summed E-state index contributed by atoms with van der Waals surface area (Å²) in [5.74, 6) is 0. The third-order valence-corrected chi connectivity index (χ3v) is 16.7. The molecule has 2 N–H and O–H groups in total. The van der Waals surface area contributed by atoms with Crippen LogP contribution in [0.4, 0.5) is 0 Å². The van der Waals surface area contributed by atoms with Crippen molar-refractivity contribution < 1.29 is 10.0 Å². The van der Waals surface area contributed by atoms with Crippen molar-refractivity contribution >= 4 is 93.7 Å². The van der Waals surface area contributed by atoms with E-state index >= 15 is 0 Å². The van der Waals surface area contributed by atoms with E-state index in [0.717, 1.165) is 82.7 Å². The Labute approximate surface area is 517 Å². The van der Waals surface area contributed by atoms with Crippen LogP contribution in [0.3, 0.4) is 0 Å². The van der Waals surface area contributed by atoms with E-state index in [1.807, 2.05) is 146 Å². The van der Waals surface area contributed by atoms with Crippen LogP contribution in [0.25, 0.3) is 144 Å². The minimum atomic E-state index is -1.48. The number of hydrogen-bond donors (Lipinski definition) is 2. The van der Waals surface area contributed by atoms with Crippen LogP contribution in [0.5, 0.6) is 0 Å². The zero-order chi connectivity index (χ0) is 59.3. The Hall–Kier alpha value is -10.9. The van der Waals surface area contributed by atoms with Crippen LogP contribution in [-0.4, -0.2) is 47.1 Å². The van der Waals surface area contributed by atoms with Gasteiger partial charge in [0.05, 0.1) is 44.8 Å². The molecule has 10 heteroatoms. The number of nitrogens with zero attached hydrogens (tertiary/aromatic N) is 6. The van der Waals surface area contributed by atoms with Crippen LogP contribution < -0.4 is 5.46 Å². The first-order valence-electron chi connectivity index (χ1n) is 29.0. The van der Waals surface area contributed by atoms with E-state index < -0.39 is 7.12 Å². The third kappa shape index (κ3) is 10.8. The summed E-state index contributed by atoms with van der Waals surface area (Å²) in [6.45, 7) is 0. The molecule has 4 aromatic heterocycles. The fourth-order valence-electron chi connectivity index (χ4n) is 11.8. The number of halogens is 1. The molecule has 0 spiro atoms. The summed E-state index contributed by atoms with van der Waals surface area (Å²) in [5.41, 5.74) is 18.3. The maximum Gasteiger partial charge on any atom is 0.488 e. The lowest BCUT2D eigenvalue weighted by Crippen LogP contribution is -2.29. The number of para-hydroxylation sites is 4. The number of benzene rings is 12. The molecule has 4 heterocycles. The molecule has 0 aliphatic rings.